The van der Waals surface area contributed by atoms with Gasteiger partial charge in [0.15, 0.2) is 5.69 Å². The van der Waals surface area contributed by atoms with Crippen molar-refractivity contribution in [2.75, 3.05) is 0 Å². The summed E-state index contributed by atoms with van der Waals surface area (Å²) in [5.41, 5.74) is -1.52. The number of nitrogens with zero attached hydrogens (tertiary/aromatic N) is 2. The number of aromatic nitrogens is 2. The van der Waals surface area contributed by atoms with Crippen molar-refractivity contribution >= 4 is 5.91 Å². The van der Waals surface area contributed by atoms with Crippen molar-refractivity contribution in [2.24, 2.45) is 11.8 Å². The van der Waals surface area contributed by atoms with Crippen LogP contribution in [-0.4, -0.2) is 15.5 Å². The van der Waals surface area contributed by atoms with Gasteiger partial charge in [-0.15, -0.1) is 0 Å². The molecular formula is C16H12F5N3O. The van der Waals surface area contributed by atoms with E-state index in [9.17, 15) is 26.7 Å². The fraction of sp³-hybridized carbons (Fsp3) is 0.375. The second-order valence-electron chi connectivity index (χ2n) is 6.34. The first-order valence-electron chi connectivity index (χ1n) is 7.66. The summed E-state index contributed by atoms with van der Waals surface area (Å²) in [5, 5.41) is 2.51. The first-order chi connectivity index (χ1) is 11.8. The van der Waals surface area contributed by atoms with Crippen molar-refractivity contribution in [2.45, 2.75) is 25.1 Å². The number of amides is 1. The predicted octanol–water partition coefficient (Wildman–Crippen LogP) is 3.37. The monoisotopic (exact) mass is 357 g/mol. The highest BCUT2D eigenvalue weighted by molar-refractivity contribution is 5.87. The number of rotatable bonds is 3. The lowest BCUT2D eigenvalue weighted by Gasteiger charge is -2.37. The maximum absolute atomic E-state index is 14.4. The summed E-state index contributed by atoms with van der Waals surface area (Å²) in [4.78, 5) is 14.8. The molecule has 1 aromatic heterocycles. The first kappa shape index (κ1) is 16.0. The lowest BCUT2D eigenvalue weighted by molar-refractivity contribution is -0.141. The molecule has 1 aliphatic heterocycles. The van der Waals surface area contributed by atoms with Crippen LogP contribution in [0.2, 0.25) is 0 Å². The van der Waals surface area contributed by atoms with Gasteiger partial charge in [-0.1, -0.05) is 0 Å². The summed E-state index contributed by atoms with van der Waals surface area (Å²) >= 11 is 0. The van der Waals surface area contributed by atoms with Crippen LogP contribution in [0.15, 0.2) is 24.7 Å². The minimum absolute atomic E-state index is 0.115. The Bertz CT molecular complexity index is 833. The first-order valence-corrected chi connectivity index (χ1v) is 7.66. The number of alkyl halides is 3. The smallest absolute Gasteiger partial charge is 0.348 e. The van der Waals surface area contributed by atoms with Gasteiger partial charge in [-0.2, -0.15) is 13.2 Å². The molecule has 132 valence electrons. The zero-order valence-electron chi connectivity index (χ0n) is 12.6. The number of benzene rings is 1. The van der Waals surface area contributed by atoms with Crippen molar-refractivity contribution < 1.29 is 26.7 Å². The van der Waals surface area contributed by atoms with Crippen molar-refractivity contribution in [1.82, 2.24) is 14.9 Å². The third-order valence-corrected chi connectivity index (χ3v) is 4.64. The van der Waals surface area contributed by atoms with E-state index in [1.165, 1.54) is 0 Å². The largest absolute Gasteiger partial charge is 0.434 e. The molecule has 2 aliphatic rings. The lowest BCUT2D eigenvalue weighted by atomic mass is 9.81. The van der Waals surface area contributed by atoms with Gasteiger partial charge in [-0.05, 0) is 30.9 Å². The van der Waals surface area contributed by atoms with Gasteiger partial charge in [0.05, 0.1) is 24.0 Å². The fourth-order valence-corrected chi connectivity index (χ4v) is 3.22. The Kier molecular flexibility index (Phi) is 3.38. The van der Waals surface area contributed by atoms with E-state index in [0.717, 1.165) is 35.9 Å². The second-order valence-corrected chi connectivity index (χ2v) is 6.34. The van der Waals surface area contributed by atoms with Gasteiger partial charge in [0.1, 0.15) is 11.6 Å². The Morgan fingerprint density at radius 1 is 1.16 bits per heavy atom. The summed E-state index contributed by atoms with van der Waals surface area (Å²) in [7, 11) is 0. The van der Waals surface area contributed by atoms with Crippen molar-refractivity contribution in [1.29, 1.82) is 0 Å². The SMILES string of the molecule is O=C1N[C@@H](c2c(F)cc(-n3cnc(C(F)(F)F)c3)cc2F)C1C1CC1. The van der Waals surface area contributed by atoms with Crippen molar-refractivity contribution in [3.05, 3.63) is 47.5 Å². The third kappa shape index (κ3) is 2.67. The van der Waals surface area contributed by atoms with Crippen LogP contribution in [0.3, 0.4) is 0 Å². The summed E-state index contributed by atoms with van der Waals surface area (Å²) in [5.74, 6) is -2.35. The topological polar surface area (TPSA) is 46.9 Å². The molecule has 1 saturated heterocycles. The molecule has 4 rings (SSSR count). The van der Waals surface area contributed by atoms with Crippen molar-refractivity contribution in [3.63, 3.8) is 0 Å². The standard InChI is InChI=1S/C16H12F5N3O/c17-9-3-8(24-5-11(22-6-24)16(19,20)21)4-10(18)13(9)14-12(7-1-2-7)15(25)23-14/h3-7,12,14H,1-2H2,(H,23,25)/t12?,14-/m1/s1. The number of carbonyl (C=O) groups excluding carboxylic acids is 1. The fourth-order valence-electron chi connectivity index (χ4n) is 3.22. The molecular weight excluding hydrogens is 345 g/mol. The third-order valence-electron chi connectivity index (χ3n) is 4.64. The molecule has 0 radical (unpaired) electrons. The molecule has 9 heteroatoms. The van der Waals surface area contributed by atoms with Gasteiger partial charge in [-0.3, -0.25) is 4.79 Å². The quantitative estimate of drug-likeness (QED) is 0.676. The molecule has 1 unspecified atom stereocenters. The Hall–Kier alpha value is -2.45. The highest BCUT2D eigenvalue weighted by atomic mass is 19.4. The highest BCUT2D eigenvalue weighted by Gasteiger charge is 2.50. The zero-order chi connectivity index (χ0) is 17.9. The molecule has 2 aromatic rings. The second kappa shape index (κ2) is 5.27. The van der Waals surface area contributed by atoms with Gasteiger partial charge in [0.2, 0.25) is 5.91 Å². The Balaban J connectivity index is 1.67. The molecule has 1 aromatic carbocycles. The number of hydrogen-bond acceptors (Lipinski definition) is 2. The number of nitrogens with one attached hydrogen (secondary N) is 1. The van der Waals surface area contributed by atoms with Crippen LogP contribution in [0.25, 0.3) is 5.69 Å². The van der Waals surface area contributed by atoms with Crippen LogP contribution >= 0.6 is 0 Å². The Labute approximate surface area is 138 Å². The zero-order valence-corrected chi connectivity index (χ0v) is 12.6. The van der Waals surface area contributed by atoms with Crippen LogP contribution in [0.5, 0.6) is 0 Å². The average molecular weight is 357 g/mol. The minimum atomic E-state index is -4.64. The molecule has 0 bridgehead atoms. The number of β-lactam (4-membered cyclic amide) rings is 1. The number of halogens is 5. The molecule has 25 heavy (non-hydrogen) atoms. The molecule has 1 saturated carbocycles. The Morgan fingerprint density at radius 2 is 1.80 bits per heavy atom. The van der Waals surface area contributed by atoms with Crippen LogP contribution < -0.4 is 5.32 Å². The molecule has 2 atom stereocenters. The molecule has 1 aliphatic carbocycles. The van der Waals surface area contributed by atoms with E-state index in [0.29, 0.717) is 6.20 Å². The number of imidazole rings is 1. The van der Waals surface area contributed by atoms with Gasteiger partial charge in [-0.25, -0.2) is 13.8 Å². The molecule has 2 heterocycles. The summed E-state index contributed by atoms with van der Waals surface area (Å²) in [6.45, 7) is 0. The summed E-state index contributed by atoms with van der Waals surface area (Å²) in [6.07, 6.45) is -1.44. The molecule has 1 amide bonds. The molecule has 1 N–H and O–H groups in total. The van der Waals surface area contributed by atoms with E-state index in [1.807, 2.05) is 0 Å². The normalized spacial score (nSPS) is 23.3. The average Bonchev–Trinajstić information content (AvgIpc) is 3.16. The van der Waals surface area contributed by atoms with Crippen LogP contribution in [0.1, 0.15) is 30.1 Å². The van der Waals surface area contributed by atoms with Crippen LogP contribution in [0.4, 0.5) is 22.0 Å². The predicted molar refractivity (Wildman–Crippen MR) is 75.6 cm³/mol. The molecule has 4 nitrogen and oxygen atoms in total. The Morgan fingerprint density at radius 3 is 2.28 bits per heavy atom. The number of carbonyl (C=O) groups is 1. The van der Waals surface area contributed by atoms with Gasteiger partial charge < -0.3 is 9.88 Å². The minimum Gasteiger partial charge on any atom is -0.348 e. The van der Waals surface area contributed by atoms with Crippen LogP contribution in [0, 0.1) is 23.5 Å². The van der Waals surface area contributed by atoms with E-state index in [-0.39, 0.29) is 23.1 Å². The molecule has 0 spiro atoms. The van der Waals surface area contributed by atoms with Crippen LogP contribution in [-0.2, 0) is 11.0 Å². The van der Waals surface area contributed by atoms with Gasteiger partial charge >= 0.3 is 6.18 Å². The van der Waals surface area contributed by atoms with Crippen molar-refractivity contribution in [3.8, 4) is 5.69 Å². The molecule has 2 fully saturated rings. The van der Waals surface area contributed by atoms with E-state index < -0.39 is 35.5 Å². The summed E-state index contributed by atoms with van der Waals surface area (Å²) < 4.78 is 67.6. The maximum Gasteiger partial charge on any atom is 0.434 e. The lowest BCUT2D eigenvalue weighted by Crippen LogP contribution is -2.53. The van der Waals surface area contributed by atoms with Gasteiger partial charge in [0, 0.05) is 11.8 Å². The van der Waals surface area contributed by atoms with E-state index >= 15 is 0 Å². The maximum atomic E-state index is 14.4. The highest BCUT2D eigenvalue weighted by Crippen LogP contribution is 2.48. The van der Waals surface area contributed by atoms with E-state index in [1.54, 1.807) is 0 Å². The van der Waals surface area contributed by atoms with E-state index in [2.05, 4.69) is 10.3 Å². The van der Waals surface area contributed by atoms with Gasteiger partial charge in [0.25, 0.3) is 0 Å². The van der Waals surface area contributed by atoms with E-state index in [4.69, 9.17) is 0 Å². The summed E-state index contributed by atoms with van der Waals surface area (Å²) in [6, 6.07) is 1.14. The number of hydrogen-bond donors (Lipinski definition) is 1.